The van der Waals surface area contributed by atoms with Crippen LogP contribution >= 0.6 is 0 Å². The summed E-state index contributed by atoms with van der Waals surface area (Å²) in [6.07, 6.45) is 5.25. The molecule has 1 aliphatic carbocycles. The van der Waals surface area contributed by atoms with Crippen molar-refractivity contribution in [2.45, 2.75) is 109 Å². The molecule has 3 rings (SSSR count). The fourth-order valence-corrected chi connectivity index (χ4v) is 5.36. The van der Waals surface area contributed by atoms with Gasteiger partial charge in [0.05, 0.1) is 11.9 Å². The molecule has 0 spiro atoms. The van der Waals surface area contributed by atoms with Crippen LogP contribution in [0.5, 0.6) is 0 Å². The van der Waals surface area contributed by atoms with Crippen LogP contribution in [-0.4, -0.2) is 85.5 Å². The van der Waals surface area contributed by atoms with Gasteiger partial charge in [-0.05, 0) is 47.0 Å². The van der Waals surface area contributed by atoms with Crippen molar-refractivity contribution in [3.05, 3.63) is 11.9 Å². The second kappa shape index (κ2) is 11.3. The second-order valence-electron chi connectivity index (χ2n) is 11.6. The Kier molecular flexibility index (Phi) is 8.84. The number of nitrogens with one attached hydrogen (secondary N) is 1. The van der Waals surface area contributed by atoms with E-state index >= 15 is 0 Å². The van der Waals surface area contributed by atoms with Crippen LogP contribution in [0, 0.1) is 5.92 Å². The average molecular weight is 524 g/mol. The highest BCUT2D eigenvalue weighted by Crippen LogP contribution is 2.35. The fourth-order valence-electron chi connectivity index (χ4n) is 5.36. The predicted molar refractivity (Wildman–Crippen MR) is 133 cm³/mol. The molecule has 12 nitrogen and oxygen atoms in total. The van der Waals surface area contributed by atoms with Gasteiger partial charge in [-0.2, -0.15) is 0 Å². The van der Waals surface area contributed by atoms with Crippen molar-refractivity contribution in [3.63, 3.8) is 0 Å². The lowest BCUT2D eigenvalue weighted by atomic mass is 9.84. The monoisotopic (exact) mass is 523 g/mol. The van der Waals surface area contributed by atoms with Crippen molar-refractivity contribution in [1.29, 1.82) is 0 Å². The molecule has 1 aliphatic heterocycles. The minimum atomic E-state index is -1.32. The zero-order valence-electron chi connectivity index (χ0n) is 22.6. The van der Waals surface area contributed by atoms with E-state index in [1.54, 1.807) is 34.6 Å². The summed E-state index contributed by atoms with van der Waals surface area (Å²) in [4.78, 5) is 40.3. The van der Waals surface area contributed by atoms with E-state index in [0.29, 0.717) is 12.1 Å². The van der Waals surface area contributed by atoms with Crippen LogP contribution in [0.15, 0.2) is 6.20 Å². The molecule has 3 N–H and O–H groups in total. The number of nitrogens with zero attached hydrogens (tertiary/aromatic N) is 4. The quantitative estimate of drug-likeness (QED) is 0.465. The van der Waals surface area contributed by atoms with Gasteiger partial charge in [-0.15, -0.1) is 5.10 Å². The summed E-state index contributed by atoms with van der Waals surface area (Å²) in [5.74, 6) is -1.52. The third kappa shape index (κ3) is 6.98. The normalized spacial score (nSPS) is 24.1. The molecule has 4 atom stereocenters. The molecule has 1 saturated heterocycles. The first-order chi connectivity index (χ1) is 17.2. The van der Waals surface area contributed by atoms with Gasteiger partial charge in [0.2, 0.25) is 5.91 Å². The van der Waals surface area contributed by atoms with E-state index in [4.69, 9.17) is 9.47 Å². The largest absolute Gasteiger partial charge is 0.480 e. The molecule has 0 aromatic carbocycles. The molecule has 12 heteroatoms. The molecule has 208 valence electrons. The Bertz CT molecular complexity index is 961. The van der Waals surface area contributed by atoms with Gasteiger partial charge in [-0.1, -0.05) is 37.3 Å². The molecule has 2 aliphatic rings. The van der Waals surface area contributed by atoms with E-state index in [2.05, 4.69) is 15.6 Å². The number of methoxy groups -OCH3 is 1. The van der Waals surface area contributed by atoms with Crippen molar-refractivity contribution in [2.75, 3.05) is 13.7 Å². The third-order valence-corrected chi connectivity index (χ3v) is 7.02. The zero-order valence-corrected chi connectivity index (χ0v) is 22.6. The lowest BCUT2D eigenvalue weighted by Gasteiger charge is -2.31. The number of amides is 2. The number of carbonyl (C=O) groups is 3. The molecule has 2 heterocycles. The smallest absolute Gasteiger partial charge is 0.408 e. The first-order valence-corrected chi connectivity index (χ1v) is 12.9. The van der Waals surface area contributed by atoms with Crippen LogP contribution < -0.4 is 5.32 Å². The number of aromatic nitrogens is 3. The summed E-state index contributed by atoms with van der Waals surface area (Å²) < 4.78 is 12.4. The number of hydrogen-bond acceptors (Lipinski definition) is 8. The molecule has 1 unspecified atom stereocenters. The van der Waals surface area contributed by atoms with E-state index in [0.717, 1.165) is 32.1 Å². The van der Waals surface area contributed by atoms with Crippen LogP contribution in [0.25, 0.3) is 0 Å². The van der Waals surface area contributed by atoms with Crippen LogP contribution in [0.1, 0.15) is 84.9 Å². The number of likely N-dealkylation sites (tertiary alicyclic amines) is 1. The fraction of sp³-hybridized carbons (Fsp3) is 0.800. The summed E-state index contributed by atoms with van der Waals surface area (Å²) in [5, 5.41) is 31.4. The van der Waals surface area contributed by atoms with Crippen molar-refractivity contribution in [1.82, 2.24) is 25.2 Å². The van der Waals surface area contributed by atoms with Gasteiger partial charge >= 0.3 is 12.1 Å². The number of aliphatic hydroxyl groups is 1. The number of carboxylic acid groups (broad SMARTS) is 1. The Balaban J connectivity index is 1.93. The van der Waals surface area contributed by atoms with E-state index in [1.165, 1.54) is 22.9 Å². The van der Waals surface area contributed by atoms with Gasteiger partial charge < -0.3 is 29.9 Å². The summed E-state index contributed by atoms with van der Waals surface area (Å²) in [7, 11) is 1.38. The maximum absolute atomic E-state index is 13.9. The van der Waals surface area contributed by atoms with E-state index in [-0.39, 0.29) is 12.5 Å². The summed E-state index contributed by atoms with van der Waals surface area (Å²) in [6, 6.07) is -2.99. The predicted octanol–water partition coefficient (Wildman–Crippen LogP) is 2.22. The maximum atomic E-state index is 13.9. The van der Waals surface area contributed by atoms with Gasteiger partial charge in [-0.25, -0.2) is 14.3 Å². The molecule has 37 heavy (non-hydrogen) atoms. The number of carboxylic acids is 1. The number of carbonyl (C=O) groups excluding carboxylic acids is 2. The van der Waals surface area contributed by atoms with Gasteiger partial charge in [0.1, 0.15) is 29.4 Å². The van der Waals surface area contributed by atoms with Crippen LogP contribution in [0.4, 0.5) is 4.79 Å². The molecule has 2 fully saturated rings. The van der Waals surface area contributed by atoms with Crippen molar-refractivity contribution >= 4 is 18.0 Å². The summed E-state index contributed by atoms with van der Waals surface area (Å²) in [5.41, 5.74) is -1.70. The number of hydrogen-bond donors (Lipinski definition) is 3. The number of rotatable bonds is 8. The van der Waals surface area contributed by atoms with Crippen molar-refractivity contribution in [2.24, 2.45) is 5.92 Å². The van der Waals surface area contributed by atoms with E-state index in [1.807, 2.05) is 0 Å². The summed E-state index contributed by atoms with van der Waals surface area (Å²) >= 11 is 0. The van der Waals surface area contributed by atoms with Gasteiger partial charge in [-0.3, -0.25) is 4.79 Å². The Morgan fingerprint density at radius 2 is 1.81 bits per heavy atom. The standard InChI is InChI=1S/C25H41N5O7/c1-24(2,3)37-23(34)27-16(12-15-10-8-7-9-11-15)21(31)29-14-17(20(36-6)19(29)22(32)33)30-18(13-26-28-30)25(4,5)35/h13,15-17,19-20,35H,7-12,14H2,1-6H3,(H,27,34)(H,32,33)/t16?,17-,19+,20+/m1/s1. The number of alkyl carbamates (subject to hydrolysis) is 1. The van der Waals surface area contributed by atoms with E-state index in [9.17, 15) is 24.6 Å². The summed E-state index contributed by atoms with van der Waals surface area (Å²) in [6.45, 7) is 8.30. The topological polar surface area (TPSA) is 156 Å². The Hall–Kier alpha value is -2.73. The second-order valence-corrected chi connectivity index (χ2v) is 11.6. The highest BCUT2D eigenvalue weighted by molar-refractivity contribution is 5.90. The van der Waals surface area contributed by atoms with E-state index < -0.39 is 53.4 Å². The van der Waals surface area contributed by atoms with Gasteiger partial charge in [0, 0.05) is 13.7 Å². The van der Waals surface area contributed by atoms with Gasteiger partial charge in [0.15, 0.2) is 6.04 Å². The molecule has 1 aromatic heterocycles. The van der Waals surface area contributed by atoms with Crippen LogP contribution in [0.3, 0.4) is 0 Å². The van der Waals surface area contributed by atoms with Crippen molar-refractivity contribution < 1.29 is 34.1 Å². The van der Waals surface area contributed by atoms with Crippen molar-refractivity contribution in [3.8, 4) is 0 Å². The molecule has 0 bridgehead atoms. The highest BCUT2D eigenvalue weighted by Gasteiger charge is 2.52. The SMILES string of the molecule is CO[C@@H]1[C@@H](C(=O)O)N(C(=O)C(CC2CCCCC2)NC(=O)OC(C)(C)C)C[C@H]1n1nncc1C(C)(C)O. The Morgan fingerprint density at radius 1 is 1.16 bits per heavy atom. The molecule has 2 amide bonds. The molecule has 1 aromatic rings. The molecular weight excluding hydrogens is 482 g/mol. The third-order valence-electron chi connectivity index (χ3n) is 7.02. The average Bonchev–Trinajstić information content (AvgIpc) is 3.42. The minimum absolute atomic E-state index is 0.0437. The lowest BCUT2D eigenvalue weighted by molar-refractivity contribution is -0.152. The highest BCUT2D eigenvalue weighted by atomic mass is 16.6. The number of ether oxygens (including phenoxy) is 2. The Morgan fingerprint density at radius 3 is 2.35 bits per heavy atom. The maximum Gasteiger partial charge on any atom is 0.408 e. The molecule has 0 radical (unpaired) electrons. The molecule has 1 saturated carbocycles. The minimum Gasteiger partial charge on any atom is -0.480 e. The first-order valence-electron chi connectivity index (χ1n) is 12.9. The Labute approximate surface area is 217 Å². The first kappa shape index (κ1) is 28.8. The van der Waals surface area contributed by atoms with Gasteiger partial charge in [0.25, 0.3) is 0 Å². The lowest BCUT2D eigenvalue weighted by Crippen LogP contribution is -2.54. The number of aliphatic carboxylic acids is 1. The molecular formula is C25H41N5O7. The van der Waals surface area contributed by atoms with Crippen LogP contribution in [-0.2, 0) is 24.7 Å². The zero-order chi connectivity index (χ0) is 27.5. The van der Waals surface area contributed by atoms with Crippen LogP contribution in [0.2, 0.25) is 0 Å².